The second kappa shape index (κ2) is 4.71. The number of ketones is 1. The number of carbonyl (C=O) groups is 1. The minimum absolute atomic E-state index is 0.157. The molecular formula is C14H8N2O5. The Hall–Kier alpha value is -3.22. The zero-order chi connectivity index (χ0) is 15.0. The Balaban J connectivity index is 2.05. The van der Waals surface area contributed by atoms with Crippen LogP contribution in [0, 0.1) is 10.1 Å². The van der Waals surface area contributed by atoms with Crippen molar-refractivity contribution in [3.63, 3.8) is 0 Å². The first-order chi connectivity index (χ1) is 10.0. The van der Waals surface area contributed by atoms with Crippen molar-refractivity contribution in [3.05, 3.63) is 74.3 Å². The highest BCUT2D eigenvalue weighted by Crippen LogP contribution is 2.19. The van der Waals surface area contributed by atoms with Crippen LogP contribution in [0.3, 0.4) is 0 Å². The standard InChI is InChI=1S/C14H8N2O5/c17-13(8-2-1-3-10(6-8)16(19)20)9-4-5-11-12(7-9)21-14(18)15-11/h1-7H,(H,15,18). The smallest absolute Gasteiger partial charge is 0.408 e. The van der Waals surface area contributed by atoms with Gasteiger partial charge in [0.2, 0.25) is 0 Å². The summed E-state index contributed by atoms with van der Waals surface area (Å²) in [6, 6.07) is 9.95. The maximum atomic E-state index is 12.3. The highest BCUT2D eigenvalue weighted by atomic mass is 16.6. The van der Waals surface area contributed by atoms with E-state index in [-0.39, 0.29) is 28.2 Å². The van der Waals surface area contributed by atoms with Crippen molar-refractivity contribution in [1.29, 1.82) is 0 Å². The molecule has 104 valence electrons. The van der Waals surface area contributed by atoms with Crippen LogP contribution in [-0.4, -0.2) is 15.7 Å². The van der Waals surface area contributed by atoms with Gasteiger partial charge >= 0.3 is 5.76 Å². The Morgan fingerprint density at radius 3 is 2.67 bits per heavy atom. The molecule has 0 aliphatic heterocycles. The number of carbonyl (C=O) groups excluding carboxylic acids is 1. The third-order valence-corrected chi connectivity index (χ3v) is 3.00. The van der Waals surface area contributed by atoms with Gasteiger partial charge in [-0.2, -0.15) is 0 Å². The van der Waals surface area contributed by atoms with Crippen LogP contribution in [0.25, 0.3) is 11.1 Å². The Morgan fingerprint density at radius 2 is 1.90 bits per heavy atom. The largest absolute Gasteiger partial charge is 0.417 e. The predicted molar refractivity (Wildman–Crippen MR) is 73.4 cm³/mol. The molecule has 1 aromatic heterocycles. The zero-order valence-corrected chi connectivity index (χ0v) is 10.5. The van der Waals surface area contributed by atoms with Gasteiger partial charge in [0, 0.05) is 23.3 Å². The number of benzene rings is 2. The van der Waals surface area contributed by atoms with Gasteiger partial charge in [0.05, 0.1) is 10.4 Å². The van der Waals surface area contributed by atoms with Crippen molar-refractivity contribution in [3.8, 4) is 0 Å². The van der Waals surface area contributed by atoms with E-state index in [1.807, 2.05) is 0 Å². The molecule has 7 nitrogen and oxygen atoms in total. The average Bonchev–Trinajstić information content (AvgIpc) is 2.85. The maximum absolute atomic E-state index is 12.3. The van der Waals surface area contributed by atoms with Crippen LogP contribution < -0.4 is 5.76 Å². The van der Waals surface area contributed by atoms with Crippen molar-refractivity contribution in [2.75, 3.05) is 0 Å². The Bertz CT molecular complexity index is 922. The van der Waals surface area contributed by atoms with Crippen molar-refractivity contribution in [2.24, 2.45) is 0 Å². The summed E-state index contributed by atoms with van der Waals surface area (Å²) in [5, 5.41) is 10.7. The van der Waals surface area contributed by atoms with E-state index in [9.17, 15) is 19.7 Å². The van der Waals surface area contributed by atoms with Gasteiger partial charge in [0.1, 0.15) is 0 Å². The van der Waals surface area contributed by atoms with Gasteiger partial charge in [-0.3, -0.25) is 19.9 Å². The topological polar surface area (TPSA) is 106 Å². The SMILES string of the molecule is O=C(c1cccc([N+](=O)[O-])c1)c1ccc2[nH]c(=O)oc2c1. The summed E-state index contributed by atoms with van der Waals surface area (Å²) in [4.78, 5) is 36.0. The molecule has 0 fully saturated rings. The third kappa shape index (κ3) is 2.32. The fourth-order valence-corrected chi connectivity index (χ4v) is 2.01. The van der Waals surface area contributed by atoms with Gasteiger partial charge in [-0.25, -0.2) is 4.79 Å². The number of nitrogens with one attached hydrogen (secondary N) is 1. The number of hydrogen-bond acceptors (Lipinski definition) is 5. The lowest BCUT2D eigenvalue weighted by atomic mass is 10.0. The molecule has 3 aromatic rings. The molecule has 7 heteroatoms. The highest BCUT2D eigenvalue weighted by molar-refractivity contribution is 6.10. The quantitative estimate of drug-likeness (QED) is 0.451. The molecule has 0 atom stereocenters. The molecule has 0 spiro atoms. The fraction of sp³-hybridized carbons (Fsp3) is 0. The summed E-state index contributed by atoms with van der Waals surface area (Å²) in [6.45, 7) is 0. The van der Waals surface area contributed by atoms with E-state index in [0.717, 1.165) is 0 Å². The summed E-state index contributed by atoms with van der Waals surface area (Å²) in [5.41, 5.74) is 1.06. The number of non-ortho nitro benzene ring substituents is 1. The molecule has 3 rings (SSSR count). The van der Waals surface area contributed by atoms with Crippen molar-refractivity contribution >= 4 is 22.6 Å². The molecule has 0 aliphatic rings. The molecule has 1 N–H and O–H groups in total. The van der Waals surface area contributed by atoms with Crippen LogP contribution in [-0.2, 0) is 0 Å². The van der Waals surface area contributed by atoms with Crippen LogP contribution in [0.1, 0.15) is 15.9 Å². The minimum atomic E-state index is -0.607. The normalized spacial score (nSPS) is 10.7. The Kier molecular flexibility index (Phi) is 2.87. The first-order valence-electron chi connectivity index (χ1n) is 5.96. The number of fused-ring (bicyclic) bond motifs is 1. The average molecular weight is 284 g/mol. The Morgan fingerprint density at radius 1 is 1.14 bits per heavy atom. The molecule has 0 aliphatic carbocycles. The number of nitro groups is 1. The number of hydrogen-bond donors (Lipinski definition) is 1. The predicted octanol–water partition coefficient (Wildman–Crippen LogP) is 2.26. The molecule has 21 heavy (non-hydrogen) atoms. The number of rotatable bonds is 3. The van der Waals surface area contributed by atoms with Crippen LogP contribution in [0.2, 0.25) is 0 Å². The first kappa shape index (κ1) is 12.8. The van der Waals surface area contributed by atoms with E-state index in [1.54, 1.807) is 6.07 Å². The van der Waals surface area contributed by atoms with Crippen LogP contribution in [0.5, 0.6) is 0 Å². The molecule has 0 saturated heterocycles. The lowest BCUT2D eigenvalue weighted by Gasteiger charge is -2.01. The van der Waals surface area contributed by atoms with Gasteiger partial charge in [-0.05, 0) is 18.2 Å². The molecule has 0 amide bonds. The zero-order valence-electron chi connectivity index (χ0n) is 10.5. The molecule has 0 radical (unpaired) electrons. The van der Waals surface area contributed by atoms with Crippen LogP contribution >= 0.6 is 0 Å². The molecule has 0 saturated carbocycles. The summed E-state index contributed by atoms with van der Waals surface area (Å²) in [7, 11) is 0. The van der Waals surface area contributed by atoms with E-state index in [2.05, 4.69) is 4.98 Å². The number of aromatic amines is 1. The summed E-state index contributed by atoms with van der Waals surface area (Å²) in [6.07, 6.45) is 0. The van der Waals surface area contributed by atoms with E-state index >= 15 is 0 Å². The van der Waals surface area contributed by atoms with Gasteiger partial charge in [0.25, 0.3) is 5.69 Å². The van der Waals surface area contributed by atoms with Crippen LogP contribution in [0.4, 0.5) is 5.69 Å². The monoisotopic (exact) mass is 284 g/mol. The molecule has 0 bridgehead atoms. The number of H-pyrrole nitrogens is 1. The highest BCUT2D eigenvalue weighted by Gasteiger charge is 2.14. The maximum Gasteiger partial charge on any atom is 0.417 e. The lowest BCUT2D eigenvalue weighted by molar-refractivity contribution is -0.384. The minimum Gasteiger partial charge on any atom is -0.408 e. The van der Waals surface area contributed by atoms with E-state index in [0.29, 0.717) is 5.52 Å². The number of nitro benzene ring substituents is 1. The second-order valence-electron chi connectivity index (χ2n) is 4.36. The molecule has 1 heterocycles. The number of nitrogens with zero attached hydrogens (tertiary/aromatic N) is 1. The van der Waals surface area contributed by atoms with Crippen molar-refractivity contribution < 1.29 is 14.1 Å². The first-order valence-corrected chi connectivity index (χ1v) is 5.96. The third-order valence-electron chi connectivity index (χ3n) is 3.00. The molecular weight excluding hydrogens is 276 g/mol. The van der Waals surface area contributed by atoms with Crippen LogP contribution in [0.15, 0.2) is 51.7 Å². The van der Waals surface area contributed by atoms with Crippen molar-refractivity contribution in [2.45, 2.75) is 0 Å². The number of oxazole rings is 1. The van der Waals surface area contributed by atoms with Gasteiger partial charge < -0.3 is 4.42 Å². The molecule has 0 unspecified atom stereocenters. The van der Waals surface area contributed by atoms with Gasteiger partial charge in [-0.15, -0.1) is 0 Å². The number of aromatic nitrogens is 1. The summed E-state index contributed by atoms with van der Waals surface area (Å²) < 4.78 is 4.88. The van der Waals surface area contributed by atoms with E-state index in [1.165, 1.54) is 36.4 Å². The lowest BCUT2D eigenvalue weighted by Crippen LogP contribution is -2.01. The van der Waals surface area contributed by atoms with Crippen molar-refractivity contribution in [1.82, 2.24) is 4.98 Å². The van der Waals surface area contributed by atoms with E-state index < -0.39 is 10.7 Å². The summed E-state index contributed by atoms with van der Waals surface area (Å²) in [5.74, 6) is -0.991. The van der Waals surface area contributed by atoms with Gasteiger partial charge in [-0.1, -0.05) is 12.1 Å². The fourth-order valence-electron chi connectivity index (χ4n) is 2.01. The van der Waals surface area contributed by atoms with E-state index in [4.69, 9.17) is 4.42 Å². The summed E-state index contributed by atoms with van der Waals surface area (Å²) >= 11 is 0. The Labute approximate surface area is 117 Å². The van der Waals surface area contributed by atoms with Gasteiger partial charge in [0.15, 0.2) is 11.4 Å². The second-order valence-corrected chi connectivity index (χ2v) is 4.36. The molecule has 2 aromatic carbocycles.